The van der Waals surface area contributed by atoms with Crippen molar-refractivity contribution in [3.63, 3.8) is 0 Å². The maximum atomic E-state index is 14.0. The van der Waals surface area contributed by atoms with Gasteiger partial charge in [0.1, 0.15) is 5.67 Å². The van der Waals surface area contributed by atoms with Gasteiger partial charge in [0.2, 0.25) is 0 Å². The molecule has 1 saturated heterocycles. The quantitative estimate of drug-likeness (QED) is 0.907. The first kappa shape index (κ1) is 14.3. The SMILES string of the molecule is Cc1ccc(C(=O)N2CCC(F)(CN)CC2)cc1Cl. The molecule has 1 heterocycles. The summed E-state index contributed by atoms with van der Waals surface area (Å²) in [5.74, 6) is -0.0963. The summed E-state index contributed by atoms with van der Waals surface area (Å²) in [5, 5.41) is 0.574. The molecule has 0 bridgehead atoms. The van der Waals surface area contributed by atoms with Gasteiger partial charge in [-0.3, -0.25) is 4.79 Å². The summed E-state index contributed by atoms with van der Waals surface area (Å²) in [6.45, 7) is 2.71. The van der Waals surface area contributed by atoms with Crippen LogP contribution in [0, 0.1) is 6.92 Å². The Morgan fingerprint density at radius 1 is 1.47 bits per heavy atom. The third-order valence-electron chi connectivity index (χ3n) is 3.73. The van der Waals surface area contributed by atoms with Gasteiger partial charge in [-0.1, -0.05) is 17.7 Å². The molecule has 104 valence electrons. The first-order valence-electron chi connectivity index (χ1n) is 6.40. The number of hydrogen-bond donors (Lipinski definition) is 1. The van der Waals surface area contributed by atoms with Crippen LogP contribution in [0.25, 0.3) is 0 Å². The van der Waals surface area contributed by atoms with E-state index < -0.39 is 5.67 Å². The minimum atomic E-state index is -1.32. The van der Waals surface area contributed by atoms with Crippen molar-refractivity contribution in [1.29, 1.82) is 0 Å². The number of rotatable bonds is 2. The Balaban J connectivity index is 2.07. The topological polar surface area (TPSA) is 46.3 Å². The highest BCUT2D eigenvalue weighted by Crippen LogP contribution is 2.26. The van der Waals surface area contributed by atoms with Crippen molar-refractivity contribution < 1.29 is 9.18 Å². The van der Waals surface area contributed by atoms with Crippen LogP contribution in [0.5, 0.6) is 0 Å². The summed E-state index contributed by atoms with van der Waals surface area (Å²) in [4.78, 5) is 13.9. The van der Waals surface area contributed by atoms with Gasteiger partial charge in [0.25, 0.3) is 5.91 Å². The molecule has 19 heavy (non-hydrogen) atoms. The largest absolute Gasteiger partial charge is 0.338 e. The van der Waals surface area contributed by atoms with Crippen LogP contribution in [-0.4, -0.2) is 36.1 Å². The number of likely N-dealkylation sites (tertiary alicyclic amines) is 1. The molecule has 5 heteroatoms. The van der Waals surface area contributed by atoms with Crippen molar-refractivity contribution in [2.75, 3.05) is 19.6 Å². The first-order valence-corrected chi connectivity index (χ1v) is 6.77. The zero-order valence-corrected chi connectivity index (χ0v) is 11.7. The molecule has 0 aromatic heterocycles. The zero-order chi connectivity index (χ0) is 14.0. The van der Waals surface area contributed by atoms with Crippen molar-refractivity contribution in [2.45, 2.75) is 25.4 Å². The second kappa shape index (κ2) is 5.47. The molecule has 2 rings (SSSR count). The lowest BCUT2D eigenvalue weighted by molar-refractivity contribution is 0.0469. The molecule has 1 aromatic carbocycles. The average molecular weight is 285 g/mol. The summed E-state index contributed by atoms with van der Waals surface area (Å²) in [6.07, 6.45) is 0.601. The van der Waals surface area contributed by atoms with Crippen LogP contribution in [0.2, 0.25) is 5.02 Å². The zero-order valence-electron chi connectivity index (χ0n) is 11.0. The maximum absolute atomic E-state index is 14.0. The molecule has 1 fully saturated rings. The summed E-state index contributed by atoms with van der Waals surface area (Å²) >= 11 is 6.02. The number of alkyl halides is 1. The van der Waals surface area contributed by atoms with Gasteiger partial charge in [0, 0.05) is 43.1 Å². The van der Waals surface area contributed by atoms with Crippen LogP contribution in [-0.2, 0) is 0 Å². The van der Waals surface area contributed by atoms with Crippen LogP contribution in [0.15, 0.2) is 18.2 Å². The fourth-order valence-corrected chi connectivity index (χ4v) is 2.40. The van der Waals surface area contributed by atoms with Gasteiger partial charge in [-0.2, -0.15) is 0 Å². The van der Waals surface area contributed by atoms with Gasteiger partial charge >= 0.3 is 0 Å². The lowest BCUT2D eigenvalue weighted by Gasteiger charge is -2.35. The number of nitrogens with zero attached hydrogens (tertiary/aromatic N) is 1. The Morgan fingerprint density at radius 3 is 2.63 bits per heavy atom. The predicted octanol–water partition coefficient (Wildman–Crippen LogP) is 2.55. The van der Waals surface area contributed by atoms with Crippen molar-refractivity contribution in [3.05, 3.63) is 34.3 Å². The van der Waals surface area contributed by atoms with Crippen LogP contribution in [0.1, 0.15) is 28.8 Å². The second-order valence-electron chi connectivity index (χ2n) is 5.11. The Labute approximate surface area is 117 Å². The minimum absolute atomic E-state index is 0.0192. The van der Waals surface area contributed by atoms with E-state index in [2.05, 4.69) is 0 Å². The summed E-state index contributed by atoms with van der Waals surface area (Å²) in [5.41, 5.74) is 5.58. The minimum Gasteiger partial charge on any atom is -0.338 e. The molecule has 0 aliphatic carbocycles. The number of amides is 1. The molecule has 1 amide bonds. The maximum Gasteiger partial charge on any atom is 0.253 e. The van der Waals surface area contributed by atoms with Crippen LogP contribution < -0.4 is 5.73 Å². The van der Waals surface area contributed by atoms with Crippen molar-refractivity contribution in [2.24, 2.45) is 5.73 Å². The van der Waals surface area contributed by atoms with E-state index in [1.165, 1.54) is 0 Å². The van der Waals surface area contributed by atoms with Gasteiger partial charge in [-0.25, -0.2) is 4.39 Å². The Bertz CT molecular complexity index is 484. The number of hydrogen-bond acceptors (Lipinski definition) is 2. The molecule has 2 N–H and O–H groups in total. The van der Waals surface area contributed by atoms with E-state index in [1.54, 1.807) is 17.0 Å². The van der Waals surface area contributed by atoms with Crippen LogP contribution >= 0.6 is 11.6 Å². The number of carbonyl (C=O) groups is 1. The molecule has 0 radical (unpaired) electrons. The molecule has 0 unspecified atom stereocenters. The van der Waals surface area contributed by atoms with Gasteiger partial charge in [-0.15, -0.1) is 0 Å². The number of carbonyl (C=O) groups excluding carboxylic acids is 1. The summed E-state index contributed by atoms with van der Waals surface area (Å²) < 4.78 is 14.0. The normalized spacial score (nSPS) is 18.4. The summed E-state index contributed by atoms with van der Waals surface area (Å²) in [7, 11) is 0. The molecule has 0 spiro atoms. The average Bonchev–Trinajstić information content (AvgIpc) is 2.42. The van der Waals surface area contributed by atoms with E-state index >= 15 is 0 Å². The number of nitrogens with two attached hydrogens (primary N) is 1. The molecule has 0 atom stereocenters. The van der Waals surface area contributed by atoms with Crippen molar-refractivity contribution >= 4 is 17.5 Å². The van der Waals surface area contributed by atoms with Crippen LogP contribution in [0.4, 0.5) is 4.39 Å². The summed E-state index contributed by atoms with van der Waals surface area (Å²) in [6, 6.07) is 5.24. The molecule has 3 nitrogen and oxygen atoms in total. The molecule has 1 aliphatic heterocycles. The Kier molecular flexibility index (Phi) is 4.11. The Morgan fingerprint density at radius 2 is 2.11 bits per heavy atom. The van der Waals surface area contributed by atoms with Gasteiger partial charge in [-0.05, 0) is 24.6 Å². The fourth-order valence-electron chi connectivity index (χ4n) is 2.22. The van der Waals surface area contributed by atoms with Crippen molar-refractivity contribution in [3.8, 4) is 0 Å². The highest BCUT2D eigenvalue weighted by atomic mass is 35.5. The lowest BCUT2D eigenvalue weighted by atomic mass is 9.93. The molecule has 1 aromatic rings. The molecule has 1 aliphatic rings. The first-order chi connectivity index (χ1) is 8.95. The van der Waals surface area contributed by atoms with E-state index in [4.69, 9.17) is 17.3 Å². The van der Waals surface area contributed by atoms with Gasteiger partial charge < -0.3 is 10.6 Å². The van der Waals surface area contributed by atoms with E-state index in [-0.39, 0.29) is 12.5 Å². The molecular weight excluding hydrogens is 267 g/mol. The monoisotopic (exact) mass is 284 g/mol. The highest BCUT2D eigenvalue weighted by molar-refractivity contribution is 6.31. The second-order valence-corrected chi connectivity index (χ2v) is 5.52. The number of halogens is 2. The third-order valence-corrected chi connectivity index (χ3v) is 4.14. The smallest absolute Gasteiger partial charge is 0.253 e. The van der Waals surface area contributed by atoms with Crippen LogP contribution in [0.3, 0.4) is 0 Å². The van der Waals surface area contributed by atoms with E-state index in [1.807, 2.05) is 13.0 Å². The van der Waals surface area contributed by atoms with E-state index in [0.717, 1.165) is 5.56 Å². The Hall–Kier alpha value is -1.13. The van der Waals surface area contributed by atoms with Gasteiger partial charge in [0.05, 0.1) is 0 Å². The number of piperidine rings is 1. The van der Waals surface area contributed by atoms with Crippen molar-refractivity contribution in [1.82, 2.24) is 4.90 Å². The fraction of sp³-hybridized carbons (Fsp3) is 0.500. The van der Waals surface area contributed by atoms with E-state index in [9.17, 15) is 9.18 Å². The highest BCUT2D eigenvalue weighted by Gasteiger charge is 2.34. The molecular formula is C14H18ClFN2O. The third kappa shape index (κ3) is 3.07. The lowest BCUT2D eigenvalue weighted by Crippen LogP contribution is -2.47. The number of aryl methyl sites for hydroxylation is 1. The van der Waals surface area contributed by atoms with Gasteiger partial charge in [0.15, 0.2) is 0 Å². The number of benzene rings is 1. The molecule has 0 saturated carbocycles. The van der Waals surface area contributed by atoms with E-state index in [0.29, 0.717) is 36.5 Å². The predicted molar refractivity (Wildman–Crippen MR) is 74.2 cm³/mol. The standard InChI is InChI=1S/C14H18ClFN2O/c1-10-2-3-11(8-12(10)15)13(19)18-6-4-14(16,9-17)5-7-18/h2-3,8H,4-7,9,17H2,1H3.